The van der Waals surface area contributed by atoms with Gasteiger partial charge in [-0.25, -0.2) is 4.98 Å². The Balaban J connectivity index is 2.09. The van der Waals surface area contributed by atoms with Gasteiger partial charge in [-0.05, 0) is 49.9 Å². The molecule has 0 radical (unpaired) electrons. The molecule has 3 nitrogen and oxygen atoms in total. The average Bonchev–Trinajstić information content (AvgIpc) is 2.85. The maximum atomic E-state index is 8.94. The number of aromatic nitrogens is 1. The van der Waals surface area contributed by atoms with Crippen LogP contribution in [0, 0.1) is 25.2 Å². The van der Waals surface area contributed by atoms with E-state index in [1.165, 1.54) is 5.01 Å². The van der Waals surface area contributed by atoms with Crippen LogP contribution in [0.2, 0.25) is 0 Å². The first-order chi connectivity index (χ1) is 9.63. The van der Waals surface area contributed by atoms with Gasteiger partial charge >= 0.3 is 0 Å². The predicted molar refractivity (Wildman–Crippen MR) is 81.1 cm³/mol. The Hall–Kier alpha value is -1.86. The van der Waals surface area contributed by atoms with Crippen molar-refractivity contribution in [2.75, 3.05) is 0 Å². The Morgan fingerprint density at radius 2 is 2.00 bits per heavy atom. The third-order valence-corrected chi connectivity index (χ3v) is 3.97. The monoisotopic (exact) mass is 286 g/mol. The summed E-state index contributed by atoms with van der Waals surface area (Å²) in [5.74, 6) is 0.856. The zero-order valence-corrected chi connectivity index (χ0v) is 12.9. The van der Waals surface area contributed by atoms with Crippen LogP contribution in [0.1, 0.15) is 40.7 Å². The summed E-state index contributed by atoms with van der Waals surface area (Å²) in [4.78, 5) is 4.55. The summed E-state index contributed by atoms with van der Waals surface area (Å²) in [6.07, 6.45) is 2.14. The standard InChI is InChI=1S/C16H18N2OS/c1-4-5-15-18-14(10-20-15)9-19-16-11(2)6-13(8-17)7-12(16)3/h6-7,10H,4-5,9H2,1-3H3. The van der Waals surface area contributed by atoms with Gasteiger partial charge in [-0.15, -0.1) is 11.3 Å². The minimum absolute atomic E-state index is 0.480. The van der Waals surface area contributed by atoms with Crippen molar-refractivity contribution in [3.63, 3.8) is 0 Å². The summed E-state index contributed by atoms with van der Waals surface area (Å²) in [5, 5.41) is 12.2. The molecule has 0 aliphatic heterocycles. The summed E-state index contributed by atoms with van der Waals surface area (Å²) < 4.78 is 5.88. The summed E-state index contributed by atoms with van der Waals surface area (Å²) >= 11 is 1.69. The van der Waals surface area contributed by atoms with Gasteiger partial charge in [0.15, 0.2) is 0 Å². The number of hydrogen-bond acceptors (Lipinski definition) is 4. The third kappa shape index (κ3) is 3.37. The minimum Gasteiger partial charge on any atom is -0.487 e. The smallest absolute Gasteiger partial charge is 0.131 e. The van der Waals surface area contributed by atoms with Gasteiger partial charge in [-0.2, -0.15) is 5.26 Å². The molecule has 0 saturated heterocycles. The van der Waals surface area contributed by atoms with Crippen LogP contribution in [0.4, 0.5) is 0 Å². The van der Waals surface area contributed by atoms with E-state index in [9.17, 15) is 0 Å². The Kier molecular flexibility index (Phi) is 4.75. The highest BCUT2D eigenvalue weighted by Gasteiger charge is 2.08. The number of ether oxygens (including phenoxy) is 1. The van der Waals surface area contributed by atoms with E-state index >= 15 is 0 Å². The first kappa shape index (κ1) is 14.5. The fourth-order valence-corrected chi connectivity index (χ4v) is 3.02. The topological polar surface area (TPSA) is 45.9 Å². The molecule has 1 aromatic carbocycles. The van der Waals surface area contributed by atoms with Crippen LogP contribution < -0.4 is 4.74 Å². The first-order valence-electron chi connectivity index (χ1n) is 6.71. The molecule has 2 aromatic rings. The van der Waals surface area contributed by atoms with Gasteiger partial charge in [0, 0.05) is 5.38 Å². The van der Waals surface area contributed by atoms with E-state index in [4.69, 9.17) is 10.00 Å². The van der Waals surface area contributed by atoms with Gasteiger partial charge in [0.1, 0.15) is 12.4 Å². The van der Waals surface area contributed by atoms with E-state index in [1.54, 1.807) is 11.3 Å². The third-order valence-electron chi connectivity index (χ3n) is 3.02. The van der Waals surface area contributed by atoms with Crippen molar-refractivity contribution in [1.82, 2.24) is 4.98 Å². The molecule has 0 atom stereocenters. The molecule has 0 saturated carbocycles. The largest absolute Gasteiger partial charge is 0.487 e. The lowest BCUT2D eigenvalue weighted by Gasteiger charge is -2.11. The lowest BCUT2D eigenvalue weighted by Crippen LogP contribution is -2.00. The molecule has 2 rings (SSSR count). The number of nitriles is 1. The van der Waals surface area contributed by atoms with Crippen molar-refractivity contribution < 1.29 is 4.74 Å². The summed E-state index contributed by atoms with van der Waals surface area (Å²) in [7, 11) is 0. The SMILES string of the molecule is CCCc1nc(COc2c(C)cc(C#N)cc2C)cs1. The predicted octanol–water partition coefficient (Wildman–Crippen LogP) is 4.16. The van der Waals surface area contributed by atoms with Gasteiger partial charge in [0.05, 0.1) is 22.3 Å². The Morgan fingerprint density at radius 3 is 2.60 bits per heavy atom. The van der Waals surface area contributed by atoms with Crippen LogP contribution in [-0.4, -0.2) is 4.98 Å². The van der Waals surface area contributed by atoms with Crippen LogP contribution in [0.3, 0.4) is 0 Å². The lowest BCUT2D eigenvalue weighted by molar-refractivity contribution is 0.297. The molecule has 0 aliphatic rings. The van der Waals surface area contributed by atoms with Crippen molar-refractivity contribution >= 4 is 11.3 Å². The normalized spacial score (nSPS) is 10.3. The molecule has 0 fully saturated rings. The summed E-state index contributed by atoms with van der Waals surface area (Å²) in [6, 6.07) is 5.87. The second kappa shape index (κ2) is 6.53. The Morgan fingerprint density at radius 1 is 1.30 bits per heavy atom. The Labute approximate surface area is 123 Å². The van der Waals surface area contributed by atoms with E-state index < -0.39 is 0 Å². The molecule has 1 aromatic heterocycles. The molecule has 0 N–H and O–H groups in total. The highest BCUT2D eigenvalue weighted by Crippen LogP contribution is 2.25. The minimum atomic E-state index is 0.480. The second-order valence-electron chi connectivity index (χ2n) is 4.82. The van der Waals surface area contributed by atoms with Crippen LogP contribution in [-0.2, 0) is 13.0 Å². The lowest BCUT2D eigenvalue weighted by atomic mass is 10.1. The second-order valence-corrected chi connectivity index (χ2v) is 5.76. The average molecular weight is 286 g/mol. The van der Waals surface area contributed by atoms with Gasteiger partial charge < -0.3 is 4.74 Å². The van der Waals surface area contributed by atoms with Crippen molar-refractivity contribution in [1.29, 1.82) is 5.26 Å². The van der Waals surface area contributed by atoms with Crippen molar-refractivity contribution in [3.8, 4) is 11.8 Å². The highest BCUT2D eigenvalue weighted by atomic mass is 32.1. The quantitative estimate of drug-likeness (QED) is 0.829. The first-order valence-corrected chi connectivity index (χ1v) is 7.59. The molecule has 0 spiro atoms. The van der Waals surface area contributed by atoms with Gasteiger partial charge in [-0.3, -0.25) is 0 Å². The zero-order valence-electron chi connectivity index (χ0n) is 12.1. The molecular formula is C16H18N2OS. The van der Waals surface area contributed by atoms with Gasteiger partial charge in [0.2, 0.25) is 0 Å². The Bertz CT molecular complexity index is 617. The highest BCUT2D eigenvalue weighted by molar-refractivity contribution is 7.09. The molecule has 4 heteroatoms. The molecule has 1 heterocycles. The zero-order chi connectivity index (χ0) is 14.5. The van der Waals surface area contributed by atoms with E-state index in [0.717, 1.165) is 35.4 Å². The van der Waals surface area contributed by atoms with Crippen LogP contribution in [0.25, 0.3) is 0 Å². The van der Waals surface area contributed by atoms with Crippen molar-refractivity contribution in [2.45, 2.75) is 40.2 Å². The maximum Gasteiger partial charge on any atom is 0.131 e. The van der Waals surface area contributed by atoms with Crippen LogP contribution >= 0.6 is 11.3 Å². The van der Waals surface area contributed by atoms with Gasteiger partial charge in [-0.1, -0.05) is 6.92 Å². The number of benzene rings is 1. The molecule has 0 bridgehead atoms. The number of thiazole rings is 1. The fourth-order valence-electron chi connectivity index (χ4n) is 2.13. The van der Waals surface area contributed by atoms with E-state index in [1.807, 2.05) is 26.0 Å². The molecule has 104 valence electrons. The number of nitrogens with zero attached hydrogens (tertiary/aromatic N) is 2. The van der Waals surface area contributed by atoms with E-state index in [0.29, 0.717) is 12.2 Å². The number of aryl methyl sites for hydroxylation is 3. The molecule has 0 unspecified atom stereocenters. The van der Waals surface area contributed by atoms with Crippen LogP contribution in [0.5, 0.6) is 5.75 Å². The molecule has 0 aliphatic carbocycles. The molecule has 0 amide bonds. The summed E-state index contributed by atoms with van der Waals surface area (Å²) in [5.41, 5.74) is 3.63. The summed E-state index contributed by atoms with van der Waals surface area (Å²) in [6.45, 7) is 6.56. The fraction of sp³-hybridized carbons (Fsp3) is 0.375. The molecule has 20 heavy (non-hydrogen) atoms. The maximum absolute atomic E-state index is 8.94. The van der Waals surface area contributed by atoms with E-state index in [2.05, 4.69) is 23.4 Å². The van der Waals surface area contributed by atoms with Crippen LogP contribution in [0.15, 0.2) is 17.5 Å². The van der Waals surface area contributed by atoms with E-state index in [-0.39, 0.29) is 0 Å². The molecular weight excluding hydrogens is 268 g/mol. The number of rotatable bonds is 5. The van der Waals surface area contributed by atoms with Crippen molar-refractivity contribution in [2.24, 2.45) is 0 Å². The number of hydrogen-bond donors (Lipinski definition) is 0. The van der Waals surface area contributed by atoms with Gasteiger partial charge in [0.25, 0.3) is 0 Å². The van der Waals surface area contributed by atoms with Crippen molar-refractivity contribution in [3.05, 3.63) is 44.9 Å².